The van der Waals surface area contributed by atoms with Crippen LogP contribution in [0.2, 0.25) is 0 Å². The minimum absolute atomic E-state index is 0.00358. The molecule has 0 unspecified atom stereocenters. The molecule has 0 bridgehead atoms. The van der Waals surface area contributed by atoms with Crippen LogP contribution < -0.4 is 10.6 Å². The van der Waals surface area contributed by atoms with Crippen LogP contribution in [-0.2, 0) is 12.7 Å². The summed E-state index contributed by atoms with van der Waals surface area (Å²) in [6, 6.07) is 9.71. The second-order valence-electron chi connectivity index (χ2n) is 5.98. The molecule has 0 aliphatic rings. The van der Waals surface area contributed by atoms with Gasteiger partial charge in [-0.05, 0) is 11.5 Å². The molecule has 1 atom stereocenters. The Morgan fingerprint density at radius 1 is 1.12 bits per heavy atom. The van der Waals surface area contributed by atoms with Crippen LogP contribution in [0.4, 0.5) is 24.9 Å². The number of aliphatic hydroxyl groups is 1. The van der Waals surface area contributed by atoms with E-state index >= 15 is 0 Å². The largest absolute Gasteiger partial charge is 0.433 e. The van der Waals surface area contributed by atoms with Gasteiger partial charge in [0.2, 0.25) is 5.95 Å². The number of hydrogen-bond acceptors (Lipinski definition) is 5. The first kappa shape index (κ1) is 19.0. The van der Waals surface area contributed by atoms with E-state index in [4.69, 9.17) is 0 Å². The van der Waals surface area contributed by atoms with Crippen molar-refractivity contribution in [3.8, 4) is 0 Å². The molecule has 3 N–H and O–H groups in total. The topological polar surface area (TPSA) is 70.1 Å². The number of rotatable bonds is 7. The Kier molecular flexibility index (Phi) is 6.19. The van der Waals surface area contributed by atoms with Crippen molar-refractivity contribution in [2.75, 3.05) is 17.2 Å². The van der Waals surface area contributed by atoms with Crippen LogP contribution in [0.15, 0.2) is 36.4 Å². The summed E-state index contributed by atoms with van der Waals surface area (Å²) in [4.78, 5) is 7.62. The van der Waals surface area contributed by atoms with Gasteiger partial charge in [-0.25, -0.2) is 4.98 Å². The highest BCUT2D eigenvalue weighted by atomic mass is 19.4. The van der Waals surface area contributed by atoms with E-state index in [1.165, 1.54) is 0 Å². The fraction of sp³-hybridized carbons (Fsp3) is 0.412. The van der Waals surface area contributed by atoms with Gasteiger partial charge in [0.1, 0.15) is 5.82 Å². The van der Waals surface area contributed by atoms with Crippen molar-refractivity contribution in [2.45, 2.75) is 32.6 Å². The summed E-state index contributed by atoms with van der Waals surface area (Å²) in [5, 5.41) is 15.0. The second-order valence-corrected chi connectivity index (χ2v) is 5.98. The van der Waals surface area contributed by atoms with Gasteiger partial charge in [-0.15, -0.1) is 0 Å². The number of benzene rings is 1. The van der Waals surface area contributed by atoms with Gasteiger partial charge in [0.25, 0.3) is 0 Å². The van der Waals surface area contributed by atoms with Gasteiger partial charge in [0.15, 0.2) is 5.69 Å². The lowest BCUT2D eigenvalue weighted by Gasteiger charge is -2.21. The first-order valence-electron chi connectivity index (χ1n) is 7.91. The lowest BCUT2D eigenvalue weighted by atomic mass is 10.1. The molecule has 2 aromatic rings. The van der Waals surface area contributed by atoms with Crippen molar-refractivity contribution >= 4 is 11.8 Å². The van der Waals surface area contributed by atoms with Crippen molar-refractivity contribution in [3.05, 3.63) is 47.7 Å². The van der Waals surface area contributed by atoms with Gasteiger partial charge in [-0.3, -0.25) is 0 Å². The van der Waals surface area contributed by atoms with E-state index in [2.05, 4.69) is 20.6 Å². The Hall–Kier alpha value is -2.35. The number of halogens is 3. The van der Waals surface area contributed by atoms with Crippen LogP contribution in [0, 0.1) is 5.92 Å². The summed E-state index contributed by atoms with van der Waals surface area (Å²) < 4.78 is 39.3. The molecule has 25 heavy (non-hydrogen) atoms. The lowest BCUT2D eigenvalue weighted by Crippen LogP contribution is -2.30. The van der Waals surface area contributed by atoms with Crippen LogP contribution in [0.5, 0.6) is 0 Å². The molecule has 1 aromatic carbocycles. The summed E-state index contributed by atoms with van der Waals surface area (Å²) >= 11 is 0. The summed E-state index contributed by atoms with van der Waals surface area (Å²) in [7, 11) is 0. The monoisotopic (exact) mass is 354 g/mol. The molecule has 1 heterocycles. The maximum absolute atomic E-state index is 13.1. The fourth-order valence-electron chi connectivity index (χ4n) is 2.13. The molecular formula is C17H21F3N4O. The molecule has 1 aromatic heterocycles. The molecule has 0 saturated carbocycles. The second kappa shape index (κ2) is 8.15. The smallest absolute Gasteiger partial charge is 0.394 e. The van der Waals surface area contributed by atoms with Crippen molar-refractivity contribution in [3.63, 3.8) is 0 Å². The standard InChI is InChI=1S/C17H21F3N4O/c1-11(2)13(10-25)22-16-23-14(17(18,19)20)8-15(24-16)21-9-12-6-4-3-5-7-12/h3-8,11,13,25H,9-10H2,1-2H3,(H2,21,22,23,24)/t13-/m1/s1. The third-order valence-electron chi connectivity index (χ3n) is 3.65. The molecule has 136 valence electrons. The summed E-state index contributed by atoms with van der Waals surface area (Å²) in [5.74, 6) is -0.101. The third-order valence-corrected chi connectivity index (χ3v) is 3.65. The van der Waals surface area contributed by atoms with Crippen molar-refractivity contribution in [2.24, 2.45) is 5.92 Å². The average Bonchev–Trinajstić information content (AvgIpc) is 2.57. The molecule has 0 aliphatic carbocycles. The van der Waals surface area contributed by atoms with Gasteiger partial charge < -0.3 is 15.7 Å². The first-order valence-corrected chi connectivity index (χ1v) is 7.91. The quantitative estimate of drug-likeness (QED) is 0.710. The van der Waals surface area contributed by atoms with Crippen molar-refractivity contribution in [1.82, 2.24) is 9.97 Å². The minimum Gasteiger partial charge on any atom is -0.394 e. The predicted molar refractivity (Wildman–Crippen MR) is 90.1 cm³/mol. The van der Waals surface area contributed by atoms with E-state index in [0.29, 0.717) is 6.54 Å². The van der Waals surface area contributed by atoms with E-state index in [9.17, 15) is 18.3 Å². The maximum Gasteiger partial charge on any atom is 0.433 e. The molecule has 2 rings (SSSR count). The Labute approximate surface area is 144 Å². The van der Waals surface area contributed by atoms with E-state index in [0.717, 1.165) is 11.6 Å². The van der Waals surface area contributed by atoms with Crippen molar-refractivity contribution < 1.29 is 18.3 Å². The summed E-state index contributed by atoms with van der Waals surface area (Å²) in [6.07, 6.45) is -4.59. The number of hydrogen-bond donors (Lipinski definition) is 3. The Balaban J connectivity index is 2.24. The average molecular weight is 354 g/mol. The van der Waals surface area contributed by atoms with Crippen LogP contribution in [0.1, 0.15) is 25.1 Å². The fourth-order valence-corrected chi connectivity index (χ4v) is 2.13. The molecule has 0 aliphatic heterocycles. The molecule has 0 radical (unpaired) electrons. The maximum atomic E-state index is 13.1. The van der Waals surface area contributed by atoms with E-state index in [1.54, 1.807) is 0 Å². The lowest BCUT2D eigenvalue weighted by molar-refractivity contribution is -0.141. The van der Waals surface area contributed by atoms with Crippen LogP contribution >= 0.6 is 0 Å². The summed E-state index contributed by atoms with van der Waals surface area (Å²) in [5.41, 5.74) is -0.124. The van der Waals surface area contributed by atoms with E-state index in [1.807, 2.05) is 44.2 Å². The molecule has 0 fully saturated rings. The SMILES string of the molecule is CC(C)[C@@H](CO)Nc1nc(NCc2ccccc2)cc(C(F)(F)F)n1. The molecular weight excluding hydrogens is 333 g/mol. The van der Waals surface area contributed by atoms with Crippen LogP contribution in [0.25, 0.3) is 0 Å². The predicted octanol–water partition coefficient (Wildman–Crippen LogP) is 3.54. The number of nitrogens with zero attached hydrogens (tertiary/aromatic N) is 2. The number of aliphatic hydroxyl groups excluding tert-OH is 1. The number of alkyl halides is 3. The zero-order valence-electron chi connectivity index (χ0n) is 14.0. The summed E-state index contributed by atoms with van der Waals surface area (Å²) in [6.45, 7) is 3.79. The highest BCUT2D eigenvalue weighted by Gasteiger charge is 2.34. The number of nitrogens with one attached hydrogen (secondary N) is 2. The zero-order chi connectivity index (χ0) is 18.4. The van der Waals surface area contributed by atoms with Crippen LogP contribution in [0.3, 0.4) is 0 Å². The van der Waals surface area contributed by atoms with Gasteiger partial charge in [0.05, 0.1) is 12.6 Å². The van der Waals surface area contributed by atoms with E-state index < -0.39 is 17.9 Å². The highest BCUT2D eigenvalue weighted by Crippen LogP contribution is 2.30. The molecule has 8 heteroatoms. The molecule has 0 amide bonds. The van der Waals surface area contributed by atoms with Crippen molar-refractivity contribution in [1.29, 1.82) is 0 Å². The number of aromatic nitrogens is 2. The van der Waals surface area contributed by atoms with Gasteiger partial charge >= 0.3 is 6.18 Å². The molecule has 0 spiro atoms. The number of anilines is 2. The Morgan fingerprint density at radius 3 is 2.36 bits per heavy atom. The third kappa shape index (κ3) is 5.60. The zero-order valence-corrected chi connectivity index (χ0v) is 14.0. The minimum atomic E-state index is -4.59. The van der Waals surface area contributed by atoms with E-state index in [-0.39, 0.29) is 24.3 Å². The van der Waals surface area contributed by atoms with Crippen LogP contribution in [-0.4, -0.2) is 27.7 Å². The normalized spacial score (nSPS) is 12.9. The molecule has 5 nitrogen and oxygen atoms in total. The highest BCUT2D eigenvalue weighted by molar-refractivity contribution is 5.44. The van der Waals surface area contributed by atoms with Gasteiger partial charge in [-0.2, -0.15) is 18.2 Å². The van der Waals surface area contributed by atoms with Gasteiger partial charge in [0, 0.05) is 12.6 Å². The molecule has 0 saturated heterocycles. The van der Waals surface area contributed by atoms with Gasteiger partial charge in [-0.1, -0.05) is 44.2 Å². The first-order chi connectivity index (χ1) is 11.8. The Bertz CT molecular complexity index is 677. The Morgan fingerprint density at radius 2 is 1.80 bits per heavy atom.